The summed E-state index contributed by atoms with van der Waals surface area (Å²) in [7, 11) is 3.26. The highest BCUT2D eigenvalue weighted by Gasteiger charge is 2.12. The molecule has 13 heavy (non-hydrogen) atoms. The van der Waals surface area contributed by atoms with Gasteiger partial charge in [-0.3, -0.25) is 0 Å². The molecule has 0 fully saturated rings. The Balaban J connectivity index is 3.03. The summed E-state index contributed by atoms with van der Waals surface area (Å²) >= 11 is 3.45. The third-order valence-corrected chi connectivity index (χ3v) is 2.56. The molecule has 0 aliphatic rings. The first kappa shape index (κ1) is 10.7. The fourth-order valence-electron chi connectivity index (χ4n) is 1.19. The summed E-state index contributed by atoms with van der Waals surface area (Å²) in [5.41, 5.74) is 2.21. The number of hydrogen-bond donors (Lipinski definition) is 0. The van der Waals surface area contributed by atoms with Crippen LogP contribution in [0, 0.1) is 6.92 Å². The molecule has 0 N–H and O–H groups in total. The molecule has 1 rings (SSSR count). The van der Waals surface area contributed by atoms with Gasteiger partial charge in [0.15, 0.2) is 6.29 Å². The lowest BCUT2D eigenvalue weighted by Gasteiger charge is -2.15. The Morgan fingerprint density at radius 3 is 2.38 bits per heavy atom. The molecule has 0 atom stereocenters. The predicted octanol–water partition coefficient (Wildman–Crippen LogP) is 3.05. The van der Waals surface area contributed by atoms with Crippen LogP contribution in [0.15, 0.2) is 22.7 Å². The molecular weight excluding hydrogens is 232 g/mol. The average Bonchev–Trinajstić information content (AvgIpc) is 2.13. The zero-order chi connectivity index (χ0) is 9.84. The van der Waals surface area contributed by atoms with Gasteiger partial charge in [0.1, 0.15) is 0 Å². The van der Waals surface area contributed by atoms with Crippen LogP contribution in [-0.2, 0) is 9.47 Å². The summed E-state index contributed by atoms with van der Waals surface area (Å²) < 4.78 is 11.3. The van der Waals surface area contributed by atoms with Crippen molar-refractivity contribution < 1.29 is 9.47 Å². The fraction of sp³-hybridized carbons (Fsp3) is 0.400. The summed E-state index contributed by atoms with van der Waals surface area (Å²) in [5.74, 6) is 0. The standard InChI is InChI=1S/C10H13BrO2/c1-7-4-5-9(11)8(6-7)10(12-2)13-3/h4-6,10H,1-3H3. The van der Waals surface area contributed by atoms with Crippen LogP contribution in [0.5, 0.6) is 0 Å². The van der Waals surface area contributed by atoms with Crippen LogP contribution >= 0.6 is 15.9 Å². The van der Waals surface area contributed by atoms with Crippen molar-refractivity contribution in [3.63, 3.8) is 0 Å². The van der Waals surface area contributed by atoms with Crippen LogP contribution in [-0.4, -0.2) is 14.2 Å². The number of hydrogen-bond acceptors (Lipinski definition) is 2. The molecule has 0 spiro atoms. The molecule has 0 radical (unpaired) electrons. The summed E-state index contributed by atoms with van der Waals surface area (Å²) in [6, 6.07) is 6.08. The highest BCUT2D eigenvalue weighted by atomic mass is 79.9. The van der Waals surface area contributed by atoms with Crippen LogP contribution in [0.1, 0.15) is 17.4 Å². The highest BCUT2D eigenvalue weighted by Crippen LogP contribution is 2.26. The molecule has 0 amide bonds. The van der Waals surface area contributed by atoms with E-state index in [1.54, 1.807) is 14.2 Å². The van der Waals surface area contributed by atoms with Gasteiger partial charge in [0.05, 0.1) is 0 Å². The molecule has 0 saturated carbocycles. The van der Waals surface area contributed by atoms with E-state index in [4.69, 9.17) is 9.47 Å². The zero-order valence-electron chi connectivity index (χ0n) is 8.00. The second kappa shape index (κ2) is 4.74. The van der Waals surface area contributed by atoms with E-state index >= 15 is 0 Å². The topological polar surface area (TPSA) is 18.5 Å². The van der Waals surface area contributed by atoms with Gasteiger partial charge >= 0.3 is 0 Å². The molecule has 2 nitrogen and oxygen atoms in total. The fourth-order valence-corrected chi connectivity index (χ4v) is 1.63. The number of ether oxygens (including phenoxy) is 2. The van der Waals surface area contributed by atoms with Crippen molar-refractivity contribution in [1.29, 1.82) is 0 Å². The zero-order valence-corrected chi connectivity index (χ0v) is 9.59. The van der Waals surface area contributed by atoms with E-state index in [-0.39, 0.29) is 6.29 Å². The van der Waals surface area contributed by atoms with Gasteiger partial charge in [-0.05, 0) is 19.1 Å². The van der Waals surface area contributed by atoms with Crippen molar-refractivity contribution in [3.8, 4) is 0 Å². The third-order valence-electron chi connectivity index (χ3n) is 1.83. The first-order chi connectivity index (χ1) is 6.19. The van der Waals surface area contributed by atoms with Crippen molar-refractivity contribution in [2.75, 3.05) is 14.2 Å². The van der Waals surface area contributed by atoms with Crippen LogP contribution in [0.25, 0.3) is 0 Å². The van der Waals surface area contributed by atoms with Gasteiger partial charge in [-0.1, -0.05) is 27.6 Å². The van der Waals surface area contributed by atoms with Gasteiger partial charge in [-0.25, -0.2) is 0 Å². The quantitative estimate of drug-likeness (QED) is 0.762. The van der Waals surface area contributed by atoms with Gasteiger partial charge in [-0.15, -0.1) is 0 Å². The Labute approximate surface area is 87.0 Å². The summed E-state index contributed by atoms with van der Waals surface area (Å²) in [6.45, 7) is 2.04. The second-order valence-electron chi connectivity index (χ2n) is 2.83. The Hall–Kier alpha value is -0.380. The highest BCUT2D eigenvalue weighted by molar-refractivity contribution is 9.10. The van der Waals surface area contributed by atoms with Crippen molar-refractivity contribution in [1.82, 2.24) is 0 Å². The Morgan fingerprint density at radius 1 is 1.23 bits per heavy atom. The van der Waals surface area contributed by atoms with Crippen molar-refractivity contribution in [2.45, 2.75) is 13.2 Å². The van der Waals surface area contributed by atoms with Crippen LogP contribution in [0.4, 0.5) is 0 Å². The average molecular weight is 245 g/mol. The van der Waals surface area contributed by atoms with Crippen LogP contribution in [0.3, 0.4) is 0 Å². The lowest BCUT2D eigenvalue weighted by molar-refractivity contribution is -0.106. The minimum Gasteiger partial charge on any atom is -0.352 e. The minimum atomic E-state index is -0.297. The molecule has 1 aromatic carbocycles. The SMILES string of the molecule is COC(OC)c1cc(C)ccc1Br. The number of halogens is 1. The predicted molar refractivity (Wildman–Crippen MR) is 55.6 cm³/mol. The molecule has 0 aromatic heterocycles. The molecule has 1 aromatic rings. The van der Waals surface area contributed by atoms with Gasteiger partial charge in [0.2, 0.25) is 0 Å². The van der Waals surface area contributed by atoms with Crippen molar-refractivity contribution in [3.05, 3.63) is 33.8 Å². The van der Waals surface area contributed by atoms with E-state index in [1.807, 2.05) is 25.1 Å². The Bertz CT molecular complexity index is 282. The molecule has 0 bridgehead atoms. The summed E-state index contributed by atoms with van der Waals surface area (Å²) in [5, 5.41) is 0. The molecule has 0 saturated heterocycles. The maximum atomic E-state index is 5.17. The largest absolute Gasteiger partial charge is 0.352 e. The van der Waals surface area contributed by atoms with Crippen molar-refractivity contribution >= 4 is 15.9 Å². The smallest absolute Gasteiger partial charge is 0.184 e. The molecule has 3 heteroatoms. The monoisotopic (exact) mass is 244 g/mol. The van der Waals surface area contributed by atoms with Gasteiger partial charge in [0.25, 0.3) is 0 Å². The van der Waals surface area contributed by atoms with Crippen molar-refractivity contribution in [2.24, 2.45) is 0 Å². The lowest BCUT2D eigenvalue weighted by atomic mass is 10.1. The van der Waals surface area contributed by atoms with Crippen LogP contribution in [0.2, 0.25) is 0 Å². The second-order valence-corrected chi connectivity index (χ2v) is 3.68. The molecule has 0 aliphatic carbocycles. The van der Waals surface area contributed by atoms with E-state index in [2.05, 4.69) is 15.9 Å². The van der Waals surface area contributed by atoms with E-state index in [9.17, 15) is 0 Å². The lowest BCUT2D eigenvalue weighted by Crippen LogP contribution is -2.04. The summed E-state index contributed by atoms with van der Waals surface area (Å²) in [6.07, 6.45) is -0.297. The minimum absolute atomic E-state index is 0.297. The van der Waals surface area contributed by atoms with Gasteiger partial charge in [-0.2, -0.15) is 0 Å². The van der Waals surface area contributed by atoms with E-state index < -0.39 is 0 Å². The molecular formula is C10H13BrO2. The van der Waals surface area contributed by atoms with Crippen LogP contribution < -0.4 is 0 Å². The summed E-state index contributed by atoms with van der Waals surface area (Å²) in [4.78, 5) is 0. The van der Waals surface area contributed by atoms with E-state index in [1.165, 1.54) is 5.56 Å². The third kappa shape index (κ3) is 2.53. The normalized spacial score (nSPS) is 10.8. The number of benzene rings is 1. The Morgan fingerprint density at radius 2 is 1.85 bits per heavy atom. The first-order valence-corrected chi connectivity index (χ1v) is 4.80. The van der Waals surface area contributed by atoms with E-state index in [0.717, 1.165) is 10.0 Å². The molecule has 72 valence electrons. The molecule has 0 heterocycles. The van der Waals surface area contributed by atoms with Gasteiger partial charge in [0, 0.05) is 24.3 Å². The number of rotatable bonds is 3. The Kier molecular flexibility index (Phi) is 3.90. The molecule has 0 aliphatic heterocycles. The number of methoxy groups -OCH3 is 2. The molecule has 0 unspecified atom stereocenters. The maximum Gasteiger partial charge on any atom is 0.184 e. The van der Waals surface area contributed by atoms with Gasteiger partial charge < -0.3 is 9.47 Å². The number of aryl methyl sites for hydroxylation is 1. The first-order valence-electron chi connectivity index (χ1n) is 4.00. The maximum absolute atomic E-state index is 5.17. The van der Waals surface area contributed by atoms with E-state index in [0.29, 0.717) is 0 Å².